The van der Waals surface area contributed by atoms with Crippen LogP contribution in [0.25, 0.3) is 6.08 Å². The summed E-state index contributed by atoms with van der Waals surface area (Å²) in [5.41, 5.74) is 3.00. The van der Waals surface area contributed by atoms with Crippen molar-refractivity contribution in [2.75, 3.05) is 16.8 Å². The zero-order chi connectivity index (χ0) is 16.8. The van der Waals surface area contributed by atoms with Crippen LogP contribution in [0.4, 0.5) is 17.1 Å². The molecule has 7 heteroatoms. The summed E-state index contributed by atoms with van der Waals surface area (Å²) in [6.45, 7) is 0. The van der Waals surface area contributed by atoms with Crippen LogP contribution in [0.5, 0.6) is 0 Å². The number of hydrogen-bond acceptors (Lipinski definition) is 5. The number of carbonyl (C=O) groups excluding carboxylic acids is 1. The molecule has 0 aromatic heterocycles. The molecule has 0 saturated heterocycles. The van der Waals surface area contributed by atoms with Crippen molar-refractivity contribution in [3.8, 4) is 0 Å². The average Bonchev–Trinajstić information content (AvgIpc) is 3.04. The van der Waals surface area contributed by atoms with Crippen molar-refractivity contribution in [1.82, 2.24) is 0 Å². The Morgan fingerprint density at radius 3 is 2.42 bits per heavy atom. The summed E-state index contributed by atoms with van der Waals surface area (Å²) in [6.07, 6.45) is 1.69. The Hall–Kier alpha value is -3.48. The van der Waals surface area contributed by atoms with Gasteiger partial charge in [-0.3, -0.25) is 19.8 Å². The van der Waals surface area contributed by atoms with Gasteiger partial charge < -0.3 is 4.90 Å². The van der Waals surface area contributed by atoms with Gasteiger partial charge >= 0.3 is 0 Å². The van der Waals surface area contributed by atoms with E-state index in [9.17, 15) is 14.9 Å². The first-order valence-electron chi connectivity index (χ1n) is 7.28. The van der Waals surface area contributed by atoms with Crippen LogP contribution in [0.1, 0.15) is 5.56 Å². The van der Waals surface area contributed by atoms with Crippen molar-refractivity contribution in [3.63, 3.8) is 0 Å². The smallest absolute Gasteiger partial charge is 0.297 e. The normalized spacial score (nSPS) is 17.1. The topological polar surface area (TPSA) is 79.0 Å². The van der Waals surface area contributed by atoms with E-state index >= 15 is 0 Å². The van der Waals surface area contributed by atoms with Crippen LogP contribution in [0.3, 0.4) is 0 Å². The summed E-state index contributed by atoms with van der Waals surface area (Å²) in [6, 6.07) is 13.8. The molecule has 2 aliphatic heterocycles. The highest BCUT2D eigenvalue weighted by molar-refractivity contribution is 6.30. The van der Waals surface area contributed by atoms with E-state index in [1.54, 1.807) is 23.1 Å². The van der Waals surface area contributed by atoms with Gasteiger partial charge in [0.2, 0.25) is 5.96 Å². The molecule has 0 spiro atoms. The molecule has 4 rings (SSSR count). The fourth-order valence-electron chi connectivity index (χ4n) is 2.89. The molecule has 2 heterocycles. The largest absolute Gasteiger partial charge is 0.313 e. The number of guanidine groups is 1. The molecular formula is C17H12N4O3. The number of aliphatic imine (C=N–C) groups is 1. The molecule has 0 N–H and O–H groups in total. The summed E-state index contributed by atoms with van der Waals surface area (Å²) < 4.78 is 0. The zero-order valence-electron chi connectivity index (χ0n) is 12.7. The van der Waals surface area contributed by atoms with E-state index in [0.29, 0.717) is 17.2 Å². The van der Waals surface area contributed by atoms with Gasteiger partial charge in [-0.1, -0.05) is 12.1 Å². The Labute approximate surface area is 137 Å². The SMILES string of the molecule is CN1C2=NC(=O)C(=Cc3ccc([N+](=O)[O-])cc3)N2c2ccccc21. The van der Waals surface area contributed by atoms with Crippen molar-refractivity contribution >= 4 is 35.0 Å². The lowest BCUT2D eigenvalue weighted by atomic mass is 10.1. The van der Waals surface area contributed by atoms with Crippen molar-refractivity contribution in [3.05, 3.63) is 69.9 Å². The minimum absolute atomic E-state index is 0.0121. The van der Waals surface area contributed by atoms with Gasteiger partial charge in [-0.05, 0) is 35.9 Å². The summed E-state index contributed by atoms with van der Waals surface area (Å²) >= 11 is 0. The highest BCUT2D eigenvalue weighted by Crippen LogP contribution is 2.41. The number of rotatable bonds is 2. The second-order valence-electron chi connectivity index (χ2n) is 5.48. The molecular weight excluding hydrogens is 308 g/mol. The van der Waals surface area contributed by atoms with Gasteiger partial charge in [0, 0.05) is 19.2 Å². The van der Waals surface area contributed by atoms with Gasteiger partial charge in [0.15, 0.2) is 0 Å². The van der Waals surface area contributed by atoms with Crippen molar-refractivity contribution in [1.29, 1.82) is 0 Å². The molecule has 2 aromatic rings. The number of non-ortho nitro benzene ring substituents is 1. The van der Waals surface area contributed by atoms with E-state index in [1.165, 1.54) is 12.1 Å². The third kappa shape index (κ3) is 1.98. The van der Waals surface area contributed by atoms with Crippen LogP contribution in [0.15, 0.2) is 59.2 Å². The molecule has 24 heavy (non-hydrogen) atoms. The number of nitro groups is 1. The Balaban J connectivity index is 1.77. The number of hydrogen-bond donors (Lipinski definition) is 0. The number of para-hydroxylation sites is 2. The third-order valence-electron chi connectivity index (χ3n) is 4.05. The molecule has 0 radical (unpaired) electrons. The maximum Gasteiger partial charge on any atom is 0.297 e. The second kappa shape index (κ2) is 5.02. The zero-order valence-corrected chi connectivity index (χ0v) is 12.7. The fraction of sp³-hybridized carbons (Fsp3) is 0.0588. The lowest BCUT2D eigenvalue weighted by Crippen LogP contribution is -2.31. The van der Waals surface area contributed by atoms with E-state index in [2.05, 4.69) is 4.99 Å². The molecule has 7 nitrogen and oxygen atoms in total. The fourth-order valence-corrected chi connectivity index (χ4v) is 2.89. The molecule has 0 atom stereocenters. The van der Waals surface area contributed by atoms with Crippen molar-refractivity contribution in [2.24, 2.45) is 4.99 Å². The molecule has 2 aliphatic rings. The first kappa shape index (κ1) is 14.1. The predicted octanol–water partition coefficient (Wildman–Crippen LogP) is 2.79. The van der Waals surface area contributed by atoms with Gasteiger partial charge in [0.1, 0.15) is 5.70 Å². The Kier molecular flexibility index (Phi) is 2.96. The van der Waals surface area contributed by atoms with Crippen LogP contribution in [0, 0.1) is 10.1 Å². The molecule has 0 bridgehead atoms. The van der Waals surface area contributed by atoms with Gasteiger partial charge in [-0.2, -0.15) is 4.99 Å². The first-order valence-corrected chi connectivity index (χ1v) is 7.28. The summed E-state index contributed by atoms with van der Waals surface area (Å²) in [4.78, 5) is 30.4. The Morgan fingerprint density at radius 1 is 1.08 bits per heavy atom. The maximum absolute atomic E-state index is 12.3. The van der Waals surface area contributed by atoms with E-state index in [0.717, 1.165) is 11.4 Å². The lowest BCUT2D eigenvalue weighted by Gasteiger charge is -2.14. The summed E-state index contributed by atoms with van der Waals surface area (Å²) in [5.74, 6) is 0.235. The molecule has 0 fully saturated rings. The molecule has 0 aliphatic carbocycles. The van der Waals surface area contributed by atoms with E-state index in [1.807, 2.05) is 36.2 Å². The molecule has 0 saturated carbocycles. The van der Waals surface area contributed by atoms with E-state index in [-0.39, 0.29) is 11.6 Å². The standard InChI is InChI=1S/C17H12N4O3/c1-19-13-4-2-3-5-14(13)20-15(16(22)18-17(19)20)10-11-6-8-12(9-7-11)21(23)24/h2-10H,1H3. The summed E-state index contributed by atoms with van der Waals surface area (Å²) in [7, 11) is 1.86. The van der Waals surface area contributed by atoms with Crippen LogP contribution in [-0.4, -0.2) is 23.8 Å². The van der Waals surface area contributed by atoms with Crippen molar-refractivity contribution in [2.45, 2.75) is 0 Å². The quantitative estimate of drug-likeness (QED) is 0.483. The van der Waals surface area contributed by atoms with Gasteiger partial charge in [-0.15, -0.1) is 0 Å². The minimum Gasteiger partial charge on any atom is -0.313 e. The highest BCUT2D eigenvalue weighted by atomic mass is 16.6. The second-order valence-corrected chi connectivity index (χ2v) is 5.48. The average molecular weight is 320 g/mol. The minimum atomic E-state index is -0.454. The third-order valence-corrected chi connectivity index (χ3v) is 4.05. The monoisotopic (exact) mass is 320 g/mol. The predicted molar refractivity (Wildman–Crippen MR) is 90.8 cm³/mol. The number of anilines is 2. The van der Waals surface area contributed by atoms with Gasteiger partial charge in [0.05, 0.1) is 16.3 Å². The van der Waals surface area contributed by atoms with Gasteiger partial charge in [-0.25, -0.2) is 0 Å². The van der Waals surface area contributed by atoms with Crippen LogP contribution in [0.2, 0.25) is 0 Å². The van der Waals surface area contributed by atoms with E-state index < -0.39 is 4.92 Å². The number of amides is 1. The van der Waals surface area contributed by atoms with Crippen LogP contribution >= 0.6 is 0 Å². The lowest BCUT2D eigenvalue weighted by molar-refractivity contribution is -0.384. The Bertz CT molecular complexity index is 931. The maximum atomic E-state index is 12.3. The molecule has 1 amide bonds. The van der Waals surface area contributed by atoms with Crippen molar-refractivity contribution < 1.29 is 9.72 Å². The summed E-state index contributed by atoms with van der Waals surface area (Å²) in [5, 5.41) is 10.7. The number of nitro benzene ring substituents is 1. The number of benzene rings is 2. The number of nitrogens with zero attached hydrogens (tertiary/aromatic N) is 4. The van der Waals surface area contributed by atoms with Gasteiger partial charge in [0.25, 0.3) is 11.6 Å². The molecule has 118 valence electrons. The molecule has 2 aromatic carbocycles. The van der Waals surface area contributed by atoms with E-state index in [4.69, 9.17) is 0 Å². The van der Waals surface area contributed by atoms with Crippen LogP contribution in [-0.2, 0) is 4.79 Å². The first-order chi connectivity index (χ1) is 11.6. The Morgan fingerprint density at radius 2 is 1.75 bits per heavy atom. The number of carbonyl (C=O) groups is 1. The highest BCUT2D eigenvalue weighted by Gasteiger charge is 2.40. The molecule has 0 unspecified atom stereocenters. The number of fused-ring (bicyclic) bond motifs is 3. The van der Waals surface area contributed by atoms with Crippen LogP contribution < -0.4 is 9.80 Å².